The summed E-state index contributed by atoms with van der Waals surface area (Å²) in [4.78, 5) is 38.2. The van der Waals surface area contributed by atoms with Gasteiger partial charge in [0.05, 0.1) is 18.1 Å². The zero-order chi connectivity index (χ0) is 18.2. The number of ketones is 1. The Balaban J connectivity index is 2.30. The van der Waals surface area contributed by atoms with Crippen molar-refractivity contribution in [1.29, 1.82) is 0 Å². The number of hydrogen-bond donors (Lipinski definition) is 1. The van der Waals surface area contributed by atoms with E-state index in [1.54, 1.807) is 43.5 Å². The predicted octanol–water partition coefficient (Wildman–Crippen LogP) is 3.85. The number of hydrogen-bond acceptors (Lipinski definition) is 8. The topological polar surface area (TPSA) is 84.9 Å². The first-order valence-electron chi connectivity index (χ1n) is 7.59. The van der Waals surface area contributed by atoms with Crippen LogP contribution in [0.1, 0.15) is 34.4 Å². The van der Waals surface area contributed by atoms with Crippen LogP contribution < -0.4 is 5.43 Å². The molecule has 2 aromatic rings. The van der Waals surface area contributed by atoms with Crippen LogP contribution in [0, 0.1) is 0 Å². The molecule has 0 fully saturated rings. The van der Waals surface area contributed by atoms with Gasteiger partial charge in [0, 0.05) is 4.88 Å². The summed E-state index contributed by atoms with van der Waals surface area (Å²) in [5, 5.41) is 4.20. The van der Waals surface area contributed by atoms with E-state index in [1.165, 1.54) is 22.7 Å². The van der Waals surface area contributed by atoms with Crippen LogP contribution in [0.4, 0.5) is 9.59 Å². The zero-order valence-corrected chi connectivity index (χ0v) is 15.4. The number of carbonyl (C=O) groups excluding carboxylic acids is 3. The Morgan fingerprint density at radius 3 is 2.12 bits per heavy atom. The Morgan fingerprint density at radius 2 is 1.64 bits per heavy atom. The van der Waals surface area contributed by atoms with E-state index in [0.717, 1.165) is 0 Å². The summed E-state index contributed by atoms with van der Waals surface area (Å²) in [5.41, 5.74) is 2.67. The maximum atomic E-state index is 12.8. The predicted molar refractivity (Wildman–Crippen MR) is 94.7 cm³/mol. The van der Waals surface area contributed by atoms with E-state index in [0.29, 0.717) is 14.8 Å². The molecule has 0 bridgehead atoms. The molecule has 0 saturated heterocycles. The Labute approximate surface area is 153 Å². The van der Waals surface area contributed by atoms with Gasteiger partial charge in [-0.2, -0.15) is 0 Å². The third-order valence-electron chi connectivity index (χ3n) is 3.01. The van der Waals surface area contributed by atoms with Crippen molar-refractivity contribution in [2.75, 3.05) is 13.2 Å². The van der Waals surface area contributed by atoms with Gasteiger partial charge in [0.2, 0.25) is 0 Å². The summed E-state index contributed by atoms with van der Waals surface area (Å²) in [6.45, 7) is 3.40. The lowest BCUT2D eigenvalue weighted by atomic mass is 10.1. The molecule has 0 aromatic carbocycles. The van der Waals surface area contributed by atoms with Crippen molar-refractivity contribution in [1.82, 2.24) is 10.4 Å². The second kappa shape index (κ2) is 9.30. The van der Waals surface area contributed by atoms with Crippen LogP contribution in [0.25, 0.3) is 0 Å². The lowest BCUT2D eigenvalue weighted by molar-refractivity contribution is 0.0554. The molecule has 0 radical (unpaired) electrons. The van der Waals surface area contributed by atoms with Gasteiger partial charge in [0.1, 0.15) is 6.04 Å². The lowest BCUT2D eigenvalue weighted by Crippen LogP contribution is -2.50. The van der Waals surface area contributed by atoms with E-state index in [-0.39, 0.29) is 19.0 Å². The van der Waals surface area contributed by atoms with E-state index in [4.69, 9.17) is 9.47 Å². The standard InChI is InChI=1S/C16H18N2O5S2/c1-3-22-15(20)18(16(21)23-4-2)17-13(11-7-5-9-24-11)14(19)12-8-6-10-25-12/h5-10,13,17H,3-4H2,1-2H3. The van der Waals surface area contributed by atoms with Crippen molar-refractivity contribution in [3.05, 3.63) is 44.8 Å². The molecule has 2 aromatic heterocycles. The maximum absolute atomic E-state index is 12.8. The molecule has 7 nitrogen and oxygen atoms in total. The molecule has 1 unspecified atom stereocenters. The lowest BCUT2D eigenvalue weighted by Gasteiger charge is -2.24. The molecule has 134 valence electrons. The van der Waals surface area contributed by atoms with Crippen molar-refractivity contribution in [3.8, 4) is 0 Å². The largest absolute Gasteiger partial charge is 0.448 e. The molecule has 0 aliphatic carbocycles. The Morgan fingerprint density at radius 1 is 1.04 bits per heavy atom. The van der Waals surface area contributed by atoms with E-state index in [2.05, 4.69) is 5.43 Å². The third-order valence-corrected chi connectivity index (χ3v) is 4.83. The summed E-state index contributed by atoms with van der Waals surface area (Å²) >= 11 is 2.62. The number of imide groups is 1. The highest BCUT2D eigenvalue weighted by atomic mass is 32.1. The van der Waals surface area contributed by atoms with E-state index in [9.17, 15) is 14.4 Å². The van der Waals surface area contributed by atoms with Crippen molar-refractivity contribution in [2.24, 2.45) is 0 Å². The zero-order valence-electron chi connectivity index (χ0n) is 13.8. The second-order valence-electron chi connectivity index (χ2n) is 4.65. The highest BCUT2D eigenvalue weighted by Gasteiger charge is 2.32. The molecule has 2 amide bonds. The van der Waals surface area contributed by atoms with Gasteiger partial charge in [-0.15, -0.1) is 27.7 Å². The van der Waals surface area contributed by atoms with Gasteiger partial charge >= 0.3 is 12.2 Å². The van der Waals surface area contributed by atoms with Crippen LogP contribution in [-0.2, 0) is 9.47 Å². The minimum absolute atomic E-state index is 0.0823. The number of carbonyl (C=O) groups is 3. The number of nitrogens with zero attached hydrogens (tertiary/aromatic N) is 1. The molecule has 2 heterocycles. The van der Waals surface area contributed by atoms with Crippen molar-refractivity contribution >= 4 is 40.6 Å². The quantitative estimate of drug-likeness (QED) is 0.578. The van der Waals surface area contributed by atoms with Gasteiger partial charge < -0.3 is 9.47 Å². The molecule has 0 aliphatic rings. The number of amides is 2. The second-order valence-corrected chi connectivity index (χ2v) is 6.58. The van der Waals surface area contributed by atoms with Crippen LogP contribution in [0.5, 0.6) is 0 Å². The normalized spacial score (nSPS) is 11.6. The first-order chi connectivity index (χ1) is 12.1. The minimum Gasteiger partial charge on any atom is -0.448 e. The summed E-state index contributed by atoms with van der Waals surface area (Å²) in [6, 6.07) is 6.08. The van der Waals surface area contributed by atoms with E-state index in [1.807, 2.05) is 5.38 Å². The smallest absolute Gasteiger partial charge is 0.434 e. The number of Topliss-reactive ketones (excluding diaryl/α,β-unsaturated/α-hetero) is 1. The van der Waals surface area contributed by atoms with Crippen LogP contribution >= 0.6 is 22.7 Å². The average Bonchev–Trinajstić information content (AvgIpc) is 3.29. The molecular formula is C16H18N2O5S2. The van der Waals surface area contributed by atoms with Crippen LogP contribution in [0.2, 0.25) is 0 Å². The fourth-order valence-electron chi connectivity index (χ4n) is 1.95. The third kappa shape index (κ3) is 4.88. The fourth-order valence-corrected chi connectivity index (χ4v) is 3.42. The minimum atomic E-state index is -0.929. The SMILES string of the molecule is CCOC(=O)N(NC(C(=O)c1cccs1)c1cccs1)C(=O)OCC. The number of rotatable bonds is 7. The Bertz CT molecular complexity index is 682. The Kier molecular flexibility index (Phi) is 7.11. The van der Waals surface area contributed by atoms with E-state index >= 15 is 0 Å². The van der Waals surface area contributed by atoms with Gasteiger partial charge in [-0.25, -0.2) is 15.0 Å². The van der Waals surface area contributed by atoms with Gasteiger partial charge in [-0.3, -0.25) is 4.79 Å². The first kappa shape index (κ1) is 19.1. The fraction of sp³-hybridized carbons (Fsp3) is 0.312. The number of ether oxygens (including phenoxy) is 2. The van der Waals surface area contributed by atoms with Gasteiger partial charge in [-0.05, 0) is 36.7 Å². The molecule has 1 N–H and O–H groups in total. The number of hydrazine groups is 1. The van der Waals surface area contributed by atoms with Crippen LogP contribution in [0.15, 0.2) is 35.0 Å². The monoisotopic (exact) mass is 382 g/mol. The van der Waals surface area contributed by atoms with Crippen LogP contribution in [-0.4, -0.2) is 36.2 Å². The molecule has 2 rings (SSSR count). The Hall–Kier alpha value is -2.23. The highest BCUT2D eigenvalue weighted by Crippen LogP contribution is 2.25. The summed E-state index contributed by atoms with van der Waals surface area (Å²) in [5.74, 6) is -0.254. The van der Waals surface area contributed by atoms with Gasteiger partial charge in [-0.1, -0.05) is 12.1 Å². The number of nitrogens with one attached hydrogen (secondary N) is 1. The van der Waals surface area contributed by atoms with E-state index < -0.39 is 18.2 Å². The molecule has 9 heteroatoms. The first-order valence-corrected chi connectivity index (χ1v) is 9.35. The molecular weight excluding hydrogens is 364 g/mol. The van der Waals surface area contributed by atoms with Crippen molar-refractivity contribution in [2.45, 2.75) is 19.9 Å². The summed E-state index contributed by atoms with van der Waals surface area (Å²) < 4.78 is 9.76. The van der Waals surface area contributed by atoms with Gasteiger partial charge in [0.25, 0.3) is 0 Å². The van der Waals surface area contributed by atoms with Gasteiger partial charge in [0.15, 0.2) is 5.78 Å². The summed E-state index contributed by atoms with van der Waals surface area (Å²) in [6.07, 6.45) is -1.86. The average molecular weight is 382 g/mol. The van der Waals surface area contributed by atoms with Crippen molar-refractivity contribution < 1.29 is 23.9 Å². The molecule has 1 atom stereocenters. The number of thiophene rings is 2. The maximum Gasteiger partial charge on any atom is 0.434 e. The highest BCUT2D eigenvalue weighted by molar-refractivity contribution is 7.12. The molecule has 0 spiro atoms. The van der Waals surface area contributed by atoms with Crippen molar-refractivity contribution in [3.63, 3.8) is 0 Å². The molecule has 0 saturated carbocycles. The van der Waals surface area contributed by atoms with Crippen LogP contribution in [0.3, 0.4) is 0 Å². The summed E-state index contributed by atoms with van der Waals surface area (Å²) in [7, 11) is 0. The molecule has 0 aliphatic heterocycles. The molecule has 25 heavy (non-hydrogen) atoms.